The summed E-state index contributed by atoms with van der Waals surface area (Å²) < 4.78 is 0. The zero-order chi connectivity index (χ0) is 16.5. The third-order valence-corrected chi connectivity index (χ3v) is 4.13. The number of aliphatic hydroxyl groups is 1. The van der Waals surface area contributed by atoms with Crippen molar-refractivity contribution in [2.45, 2.75) is 6.10 Å². The van der Waals surface area contributed by atoms with E-state index in [4.69, 9.17) is 11.6 Å². The Bertz CT molecular complexity index is 981. The third-order valence-electron chi connectivity index (χ3n) is 3.92. The number of hydrogen-bond acceptors (Lipinski definition) is 3. The first-order valence-corrected chi connectivity index (χ1v) is 7.94. The van der Waals surface area contributed by atoms with Crippen molar-refractivity contribution in [2.24, 2.45) is 0 Å². The van der Waals surface area contributed by atoms with Crippen LogP contribution in [0, 0.1) is 0 Å². The predicted octanol–water partition coefficient (Wildman–Crippen LogP) is 4.36. The first kappa shape index (κ1) is 14.9. The summed E-state index contributed by atoms with van der Waals surface area (Å²) in [5, 5.41) is 10.9. The van der Waals surface area contributed by atoms with Crippen LogP contribution in [-0.4, -0.2) is 20.1 Å². The first-order chi connectivity index (χ1) is 11.7. The molecule has 4 nitrogen and oxygen atoms in total. The number of rotatable bonds is 3. The molecular weight excluding hydrogens is 322 g/mol. The SMILES string of the molecule is OC(c1ccccc1)c1ccc(-c2nc3ccc(Cl)nc3[nH]2)cc1. The Kier molecular flexibility index (Phi) is 3.76. The smallest absolute Gasteiger partial charge is 0.159 e. The molecule has 118 valence electrons. The fourth-order valence-corrected chi connectivity index (χ4v) is 2.81. The highest BCUT2D eigenvalue weighted by Gasteiger charge is 2.11. The minimum atomic E-state index is -0.642. The molecule has 2 N–H and O–H groups in total. The molecule has 0 fully saturated rings. The number of benzene rings is 2. The van der Waals surface area contributed by atoms with Crippen molar-refractivity contribution in [3.05, 3.63) is 83.0 Å². The average molecular weight is 336 g/mol. The van der Waals surface area contributed by atoms with Crippen LogP contribution in [0.5, 0.6) is 0 Å². The largest absolute Gasteiger partial charge is 0.384 e. The number of pyridine rings is 1. The van der Waals surface area contributed by atoms with Crippen molar-refractivity contribution in [3.63, 3.8) is 0 Å². The number of aromatic nitrogens is 3. The summed E-state index contributed by atoms with van der Waals surface area (Å²) in [6.45, 7) is 0. The zero-order valence-electron chi connectivity index (χ0n) is 12.6. The fraction of sp³-hybridized carbons (Fsp3) is 0.0526. The number of aliphatic hydroxyl groups excluding tert-OH is 1. The van der Waals surface area contributed by atoms with E-state index in [0.29, 0.717) is 10.8 Å². The van der Waals surface area contributed by atoms with Gasteiger partial charge in [-0.25, -0.2) is 9.97 Å². The number of imidazole rings is 1. The van der Waals surface area contributed by atoms with Gasteiger partial charge in [0.15, 0.2) is 5.65 Å². The lowest BCUT2D eigenvalue weighted by atomic mass is 10.0. The molecule has 4 aromatic rings. The number of fused-ring (bicyclic) bond motifs is 1. The van der Waals surface area contributed by atoms with Crippen LogP contribution in [0.15, 0.2) is 66.7 Å². The summed E-state index contributed by atoms with van der Waals surface area (Å²) in [5.41, 5.74) is 4.05. The maximum Gasteiger partial charge on any atom is 0.159 e. The quantitative estimate of drug-likeness (QED) is 0.547. The number of halogens is 1. The van der Waals surface area contributed by atoms with Gasteiger partial charge in [-0.2, -0.15) is 0 Å². The van der Waals surface area contributed by atoms with Crippen molar-refractivity contribution in [2.75, 3.05) is 0 Å². The molecule has 1 atom stereocenters. The average Bonchev–Trinajstić information content (AvgIpc) is 3.05. The van der Waals surface area contributed by atoms with Gasteiger partial charge in [0.05, 0.1) is 0 Å². The Balaban J connectivity index is 1.65. The van der Waals surface area contributed by atoms with Gasteiger partial charge in [-0.1, -0.05) is 66.2 Å². The van der Waals surface area contributed by atoms with E-state index in [2.05, 4.69) is 15.0 Å². The Hall–Kier alpha value is -2.69. The van der Waals surface area contributed by atoms with Crippen LogP contribution in [0.1, 0.15) is 17.2 Å². The highest BCUT2D eigenvalue weighted by Crippen LogP contribution is 2.25. The Morgan fingerprint density at radius 1 is 0.833 bits per heavy atom. The van der Waals surface area contributed by atoms with Crippen molar-refractivity contribution >= 4 is 22.8 Å². The number of H-pyrrole nitrogens is 1. The molecule has 0 aliphatic heterocycles. The van der Waals surface area contributed by atoms with Gasteiger partial charge in [-0.15, -0.1) is 0 Å². The molecule has 0 aliphatic carbocycles. The van der Waals surface area contributed by atoms with E-state index in [1.807, 2.05) is 60.7 Å². The third kappa shape index (κ3) is 2.77. The topological polar surface area (TPSA) is 61.8 Å². The van der Waals surface area contributed by atoms with Gasteiger partial charge in [0.2, 0.25) is 0 Å². The predicted molar refractivity (Wildman–Crippen MR) is 94.8 cm³/mol. The second kappa shape index (κ2) is 6.07. The highest BCUT2D eigenvalue weighted by molar-refractivity contribution is 6.29. The van der Waals surface area contributed by atoms with E-state index in [9.17, 15) is 5.11 Å². The second-order valence-electron chi connectivity index (χ2n) is 5.52. The maximum atomic E-state index is 10.5. The molecule has 0 bridgehead atoms. The van der Waals surface area contributed by atoms with Crippen LogP contribution in [0.4, 0.5) is 0 Å². The van der Waals surface area contributed by atoms with Crippen LogP contribution in [0.3, 0.4) is 0 Å². The first-order valence-electron chi connectivity index (χ1n) is 7.56. The molecule has 0 amide bonds. The molecule has 24 heavy (non-hydrogen) atoms. The molecule has 0 aliphatic rings. The number of nitrogens with one attached hydrogen (secondary N) is 1. The van der Waals surface area contributed by atoms with E-state index in [-0.39, 0.29) is 0 Å². The van der Waals surface area contributed by atoms with Crippen LogP contribution < -0.4 is 0 Å². The molecule has 4 rings (SSSR count). The van der Waals surface area contributed by atoms with Crippen molar-refractivity contribution in [1.29, 1.82) is 0 Å². The molecule has 1 unspecified atom stereocenters. The number of aromatic amines is 1. The van der Waals surface area contributed by atoms with Crippen molar-refractivity contribution < 1.29 is 5.11 Å². The lowest BCUT2D eigenvalue weighted by Gasteiger charge is -2.11. The van der Waals surface area contributed by atoms with Crippen LogP contribution in [0.25, 0.3) is 22.6 Å². The van der Waals surface area contributed by atoms with Gasteiger partial charge in [0, 0.05) is 5.56 Å². The van der Waals surface area contributed by atoms with Crippen molar-refractivity contribution in [1.82, 2.24) is 15.0 Å². The van der Waals surface area contributed by atoms with Crippen LogP contribution in [0.2, 0.25) is 5.15 Å². The Morgan fingerprint density at radius 3 is 2.29 bits per heavy atom. The standard InChI is InChI=1S/C19H14ClN3O/c20-16-11-10-15-19(22-16)23-18(21-15)14-8-6-13(7-9-14)17(24)12-4-2-1-3-5-12/h1-11,17,24H,(H,21,22,23). The van der Waals surface area contributed by atoms with Gasteiger partial charge < -0.3 is 10.1 Å². The molecule has 0 saturated heterocycles. The van der Waals surface area contributed by atoms with Gasteiger partial charge in [-0.3, -0.25) is 0 Å². The molecule has 0 spiro atoms. The summed E-state index contributed by atoms with van der Waals surface area (Å²) in [7, 11) is 0. The molecule has 0 saturated carbocycles. The summed E-state index contributed by atoms with van der Waals surface area (Å²) >= 11 is 5.90. The van der Waals surface area contributed by atoms with E-state index in [0.717, 1.165) is 28.0 Å². The van der Waals surface area contributed by atoms with Gasteiger partial charge in [0.25, 0.3) is 0 Å². The second-order valence-corrected chi connectivity index (χ2v) is 5.91. The summed E-state index contributed by atoms with van der Waals surface area (Å²) in [6, 6.07) is 20.8. The highest BCUT2D eigenvalue weighted by atomic mass is 35.5. The summed E-state index contributed by atoms with van der Waals surface area (Å²) in [5.74, 6) is 0.723. The normalized spacial score (nSPS) is 12.4. The van der Waals surface area contributed by atoms with Gasteiger partial charge in [0.1, 0.15) is 22.6 Å². The van der Waals surface area contributed by atoms with E-state index >= 15 is 0 Å². The number of nitrogens with zero attached hydrogens (tertiary/aromatic N) is 2. The van der Waals surface area contributed by atoms with E-state index < -0.39 is 6.10 Å². The van der Waals surface area contributed by atoms with Gasteiger partial charge >= 0.3 is 0 Å². The molecular formula is C19H14ClN3O. The van der Waals surface area contributed by atoms with Crippen molar-refractivity contribution in [3.8, 4) is 11.4 Å². The summed E-state index contributed by atoms with van der Waals surface area (Å²) in [6.07, 6.45) is -0.642. The van der Waals surface area contributed by atoms with E-state index in [1.165, 1.54) is 0 Å². The monoisotopic (exact) mass is 335 g/mol. The molecule has 5 heteroatoms. The van der Waals surface area contributed by atoms with Crippen LogP contribution in [-0.2, 0) is 0 Å². The lowest BCUT2D eigenvalue weighted by Crippen LogP contribution is -1.99. The molecule has 2 heterocycles. The minimum absolute atomic E-state index is 0.430. The minimum Gasteiger partial charge on any atom is -0.384 e. The van der Waals surface area contributed by atoms with Crippen LogP contribution >= 0.6 is 11.6 Å². The fourth-order valence-electron chi connectivity index (χ4n) is 2.66. The van der Waals surface area contributed by atoms with Gasteiger partial charge in [-0.05, 0) is 23.3 Å². The van der Waals surface area contributed by atoms with E-state index in [1.54, 1.807) is 6.07 Å². The number of hydrogen-bond donors (Lipinski definition) is 2. The molecule has 2 aromatic heterocycles. The summed E-state index contributed by atoms with van der Waals surface area (Å²) in [4.78, 5) is 11.9. The molecule has 2 aromatic carbocycles. The maximum absolute atomic E-state index is 10.5. The Labute approximate surface area is 143 Å². The molecule has 0 radical (unpaired) electrons. The lowest BCUT2D eigenvalue weighted by molar-refractivity contribution is 0.220. The Morgan fingerprint density at radius 2 is 1.54 bits per heavy atom. The zero-order valence-corrected chi connectivity index (χ0v) is 13.4.